The summed E-state index contributed by atoms with van der Waals surface area (Å²) in [4.78, 5) is 0. The standard InChI is InChI=1S/C10H16O2/c1-2-4-9(5-3-1)6-10-7-11-8-12-10/h7,9H,1-6,8H2. The van der Waals surface area contributed by atoms with E-state index in [2.05, 4.69) is 0 Å². The fourth-order valence-electron chi connectivity index (χ4n) is 2.05. The molecule has 1 aliphatic heterocycles. The molecule has 2 nitrogen and oxygen atoms in total. The number of ether oxygens (including phenoxy) is 2. The van der Waals surface area contributed by atoms with Crippen LogP contribution in [0.25, 0.3) is 0 Å². The Balaban J connectivity index is 1.77. The van der Waals surface area contributed by atoms with Gasteiger partial charge in [-0.3, -0.25) is 0 Å². The molecule has 0 aromatic heterocycles. The van der Waals surface area contributed by atoms with Crippen LogP contribution in [0.4, 0.5) is 0 Å². The van der Waals surface area contributed by atoms with Crippen molar-refractivity contribution in [3.63, 3.8) is 0 Å². The van der Waals surface area contributed by atoms with Crippen LogP contribution < -0.4 is 0 Å². The van der Waals surface area contributed by atoms with E-state index in [1.807, 2.05) is 0 Å². The van der Waals surface area contributed by atoms with Crippen molar-refractivity contribution < 1.29 is 9.47 Å². The van der Waals surface area contributed by atoms with E-state index in [0.29, 0.717) is 6.79 Å². The second kappa shape index (κ2) is 3.83. The molecule has 2 aliphatic rings. The van der Waals surface area contributed by atoms with Crippen LogP contribution in [0.3, 0.4) is 0 Å². The van der Waals surface area contributed by atoms with Crippen molar-refractivity contribution >= 4 is 0 Å². The van der Waals surface area contributed by atoms with Gasteiger partial charge in [0.15, 0.2) is 0 Å². The summed E-state index contributed by atoms with van der Waals surface area (Å²) < 4.78 is 10.3. The van der Waals surface area contributed by atoms with Gasteiger partial charge < -0.3 is 9.47 Å². The topological polar surface area (TPSA) is 18.5 Å². The lowest BCUT2D eigenvalue weighted by Crippen LogP contribution is -2.07. The molecule has 0 aromatic carbocycles. The maximum Gasteiger partial charge on any atom is 0.229 e. The van der Waals surface area contributed by atoms with Gasteiger partial charge >= 0.3 is 0 Å². The molecule has 0 atom stereocenters. The van der Waals surface area contributed by atoms with Gasteiger partial charge in [0.2, 0.25) is 6.79 Å². The Morgan fingerprint density at radius 2 is 2.08 bits per heavy atom. The number of hydrogen-bond acceptors (Lipinski definition) is 2. The SMILES string of the molecule is C1=C(CC2CCCCC2)OCO1. The highest BCUT2D eigenvalue weighted by atomic mass is 16.7. The van der Waals surface area contributed by atoms with Crippen molar-refractivity contribution in [2.75, 3.05) is 6.79 Å². The Labute approximate surface area is 73.5 Å². The molecule has 2 rings (SSSR count). The first-order valence-electron chi connectivity index (χ1n) is 4.88. The molecule has 0 saturated heterocycles. The van der Waals surface area contributed by atoms with E-state index < -0.39 is 0 Å². The summed E-state index contributed by atoms with van der Waals surface area (Å²) in [6, 6.07) is 0. The molecule has 1 heterocycles. The highest BCUT2D eigenvalue weighted by Gasteiger charge is 2.17. The first-order valence-corrected chi connectivity index (χ1v) is 4.88. The minimum absolute atomic E-state index is 0.433. The zero-order chi connectivity index (χ0) is 8.23. The molecular weight excluding hydrogens is 152 g/mol. The molecule has 68 valence electrons. The Morgan fingerprint density at radius 3 is 2.75 bits per heavy atom. The predicted octanol–water partition coefficient (Wildman–Crippen LogP) is 2.80. The fourth-order valence-corrected chi connectivity index (χ4v) is 2.05. The Bertz CT molecular complexity index is 169. The lowest BCUT2D eigenvalue weighted by Gasteiger charge is -2.20. The van der Waals surface area contributed by atoms with Crippen LogP contribution in [-0.4, -0.2) is 6.79 Å². The molecule has 12 heavy (non-hydrogen) atoms. The van der Waals surface area contributed by atoms with E-state index in [1.54, 1.807) is 6.26 Å². The van der Waals surface area contributed by atoms with Crippen molar-refractivity contribution in [2.45, 2.75) is 38.5 Å². The van der Waals surface area contributed by atoms with E-state index >= 15 is 0 Å². The minimum atomic E-state index is 0.433. The van der Waals surface area contributed by atoms with Crippen molar-refractivity contribution in [3.05, 3.63) is 12.0 Å². The second-order valence-electron chi connectivity index (χ2n) is 3.72. The van der Waals surface area contributed by atoms with Gasteiger partial charge in [-0.15, -0.1) is 0 Å². The van der Waals surface area contributed by atoms with Crippen LogP contribution in [0, 0.1) is 5.92 Å². The van der Waals surface area contributed by atoms with Gasteiger partial charge in [0.25, 0.3) is 0 Å². The van der Waals surface area contributed by atoms with Crippen molar-refractivity contribution in [3.8, 4) is 0 Å². The number of hydrogen-bond donors (Lipinski definition) is 0. The largest absolute Gasteiger partial charge is 0.462 e. The first-order chi connectivity index (χ1) is 5.95. The first kappa shape index (κ1) is 7.96. The van der Waals surface area contributed by atoms with Crippen LogP contribution in [0.5, 0.6) is 0 Å². The molecule has 0 amide bonds. The normalized spacial score (nSPS) is 24.5. The molecular formula is C10H16O2. The number of allylic oxidation sites excluding steroid dienone is 1. The Morgan fingerprint density at radius 1 is 1.25 bits per heavy atom. The third-order valence-corrected chi connectivity index (χ3v) is 2.74. The van der Waals surface area contributed by atoms with Crippen LogP contribution in [0.1, 0.15) is 38.5 Å². The summed E-state index contributed by atoms with van der Waals surface area (Å²) in [5, 5.41) is 0. The lowest BCUT2D eigenvalue weighted by atomic mass is 9.86. The van der Waals surface area contributed by atoms with Crippen LogP contribution >= 0.6 is 0 Å². The minimum Gasteiger partial charge on any atom is -0.462 e. The molecule has 0 bridgehead atoms. The van der Waals surface area contributed by atoms with Gasteiger partial charge in [0.05, 0.1) is 0 Å². The lowest BCUT2D eigenvalue weighted by molar-refractivity contribution is 0.0744. The van der Waals surface area contributed by atoms with Crippen molar-refractivity contribution in [1.29, 1.82) is 0 Å². The maximum atomic E-state index is 5.29. The van der Waals surface area contributed by atoms with Crippen LogP contribution in [0.15, 0.2) is 12.0 Å². The van der Waals surface area contributed by atoms with Gasteiger partial charge in [-0.1, -0.05) is 32.1 Å². The molecule has 1 saturated carbocycles. The predicted molar refractivity (Wildman–Crippen MR) is 46.3 cm³/mol. The summed E-state index contributed by atoms with van der Waals surface area (Å²) >= 11 is 0. The average molecular weight is 168 g/mol. The molecule has 0 aromatic rings. The van der Waals surface area contributed by atoms with Crippen molar-refractivity contribution in [2.24, 2.45) is 5.92 Å². The fraction of sp³-hybridized carbons (Fsp3) is 0.800. The van der Waals surface area contributed by atoms with Gasteiger partial charge in [0.1, 0.15) is 12.0 Å². The molecule has 0 radical (unpaired) electrons. The molecule has 2 heteroatoms. The van der Waals surface area contributed by atoms with E-state index in [-0.39, 0.29) is 0 Å². The molecule has 0 unspecified atom stereocenters. The molecule has 1 fully saturated rings. The summed E-state index contributed by atoms with van der Waals surface area (Å²) in [7, 11) is 0. The van der Waals surface area contributed by atoms with Crippen molar-refractivity contribution in [1.82, 2.24) is 0 Å². The smallest absolute Gasteiger partial charge is 0.229 e. The van der Waals surface area contributed by atoms with Gasteiger partial charge in [-0.2, -0.15) is 0 Å². The maximum absolute atomic E-state index is 5.29. The second-order valence-corrected chi connectivity index (χ2v) is 3.72. The zero-order valence-corrected chi connectivity index (χ0v) is 7.42. The number of rotatable bonds is 2. The van der Waals surface area contributed by atoms with E-state index in [4.69, 9.17) is 9.47 Å². The van der Waals surface area contributed by atoms with Gasteiger partial charge in [0, 0.05) is 6.42 Å². The van der Waals surface area contributed by atoms with E-state index in [0.717, 1.165) is 18.1 Å². The summed E-state index contributed by atoms with van der Waals surface area (Å²) in [5.74, 6) is 1.91. The molecule has 1 aliphatic carbocycles. The molecule has 0 N–H and O–H groups in total. The summed E-state index contributed by atoms with van der Waals surface area (Å²) in [5.41, 5.74) is 0. The average Bonchev–Trinajstić information content (AvgIpc) is 2.59. The van der Waals surface area contributed by atoms with E-state index in [9.17, 15) is 0 Å². The van der Waals surface area contributed by atoms with E-state index in [1.165, 1.54) is 32.1 Å². The Hall–Kier alpha value is -0.660. The monoisotopic (exact) mass is 168 g/mol. The summed E-state index contributed by atoms with van der Waals surface area (Å²) in [6.45, 7) is 0.433. The zero-order valence-electron chi connectivity index (χ0n) is 7.42. The van der Waals surface area contributed by atoms with Crippen LogP contribution in [-0.2, 0) is 9.47 Å². The summed E-state index contributed by atoms with van der Waals surface area (Å²) in [6.07, 6.45) is 9.85. The Kier molecular flexibility index (Phi) is 2.54. The van der Waals surface area contributed by atoms with Crippen LogP contribution in [0.2, 0.25) is 0 Å². The third-order valence-electron chi connectivity index (χ3n) is 2.74. The van der Waals surface area contributed by atoms with Gasteiger partial charge in [-0.05, 0) is 5.92 Å². The van der Waals surface area contributed by atoms with Gasteiger partial charge in [-0.25, -0.2) is 0 Å². The third kappa shape index (κ3) is 1.93. The highest BCUT2D eigenvalue weighted by Crippen LogP contribution is 2.30. The highest BCUT2D eigenvalue weighted by molar-refractivity contribution is 4.92. The quantitative estimate of drug-likeness (QED) is 0.631. The molecule has 0 spiro atoms.